The summed E-state index contributed by atoms with van der Waals surface area (Å²) in [6.07, 6.45) is -5.58. The van der Waals surface area contributed by atoms with Crippen LogP contribution < -0.4 is 0 Å². The molecule has 0 aliphatic carbocycles. The van der Waals surface area contributed by atoms with Gasteiger partial charge in [0.05, 0.1) is 12.0 Å². The third kappa shape index (κ3) is 2.70. The van der Waals surface area contributed by atoms with E-state index in [0.29, 0.717) is 0 Å². The van der Waals surface area contributed by atoms with Crippen molar-refractivity contribution in [2.24, 2.45) is 5.92 Å². The fourth-order valence-electron chi connectivity index (χ4n) is 0.273. The van der Waals surface area contributed by atoms with Crippen molar-refractivity contribution in [3.8, 4) is 0 Å². The van der Waals surface area contributed by atoms with Crippen LogP contribution in [-0.2, 0) is 0 Å². The number of aliphatic hydroxyl groups is 1. The second-order valence-corrected chi connectivity index (χ2v) is 2.07. The molecule has 0 fully saturated rings. The number of alkyl halides is 3. The second-order valence-electron chi connectivity index (χ2n) is 2.07. The standard InChI is InChI=1S/C5H9F3O/c1-3(4(2)9)5(6,7)8/h3-4,9H,1-2H3. The van der Waals surface area contributed by atoms with E-state index in [2.05, 4.69) is 0 Å². The van der Waals surface area contributed by atoms with Gasteiger partial charge in [0, 0.05) is 0 Å². The molecule has 0 aromatic heterocycles. The zero-order chi connectivity index (χ0) is 7.65. The molecule has 2 atom stereocenters. The first-order valence-electron chi connectivity index (χ1n) is 2.60. The van der Waals surface area contributed by atoms with Crippen LogP contribution in [0, 0.1) is 5.92 Å². The molecule has 0 radical (unpaired) electrons. The Morgan fingerprint density at radius 1 is 1.22 bits per heavy atom. The van der Waals surface area contributed by atoms with Gasteiger partial charge in [0.2, 0.25) is 0 Å². The van der Waals surface area contributed by atoms with Crippen molar-refractivity contribution in [2.75, 3.05) is 0 Å². The Bertz CT molecular complexity index is 86.7. The minimum Gasteiger partial charge on any atom is -0.393 e. The first kappa shape index (κ1) is 8.75. The summed E-state index contributed by atoms with van der Waals surface area (Å²) in [6, 6.07) is 0. The fourth-order valence-corrected chi connectivity index (χ4v) is 0.273. The molecule has 1 nitrogen and oxygen atoms in total. The molecule has 56 valence electrons. The highest BCUT2D eigenvalue weighted by atomic mass is 19.4. The Balaban J connectivity index is 3.88. The lowest BCUT2D eigenvalue weighted by Gasteiger charge is -2.17. The molecular formula is C5H9F3O. The van der Waals surface area contributed by atoms with Gasteiger partial charge in [-0.05, 0) is 6.92 Å². The van der Waals surface area contributed by atoms with E-state index in [1.54, 1.807) is 0 Å². The van der Waals surface area contributed by atoms with E-state index in [1.807, 2.05) is 0 Å². The summed E-state index contributed by atoms with van der Waals surface area (Å²) in [4.78, 5) is 0. The largest absolute Gasteiger partial charge is 0.394 e. The molecule has 1 N–H and O–H groups in total. The Labute approximate surface area is 51.5 Å². The summed E-state index contributed by atoms with van der Waals surface area (Å²) in [6.45, 7) is 2.07. The molecule has 9 heavy (non-hydrogen) atoms. The molecular weight excluding hydrogens is 133 g/mol. The average molecular weight is 142 g/mol. The maximum absolute atomic E-state index is 11.5. The SMILES string of the molecule is CC(O)C(C)C(F)(F)F. The maximum Gasteiger partial charge on any atom is 0.394 e. The van der Waals surface area contributed by atoms with Gasteiger partial charge in [-0.3, -0.25) is 0 Å². The number of hydrogen-bond donors (Lipinski definition) is 1. The number of aliphatic hydroxyl groups excluding tert-OH is 1. The summed E-state index contributed by atoms with van der Waals surface area (Å²) in [5.74, 6) is -1.63. The fraction of sp³-hybridized carbons (Fsp3) is 1.00. The highest BCUT2D eigenvalue weighted by Crippen LogP contribution is 2.27. The first-order valence-corrected chi connectivity index (χ1v) is 2.60. The quantitative estimate of drug-likeness (QED) is 0.589. The normalized spacial score (nSPS) is 19.3. The van der Waals surface area contributed by atoms with E-state index in [9.17, 15) is 13.2 Å². The van der Waals surface area contributed by atoms with Crippen molar-refractivity contribution in [1.29, 1.82) is 0 Å². The molecule has 2 unspecified atom stereocenters. The van der Waals surface area contributed by atoms with E-state index in [-0.39, 0.29) is 0 Å². The Morgan fingerprint density at radius 2 is 1.56 bits per heavy atom. The third-order valence-corrected chi connectivity index (χ3v) is 1.24. The predicted octanol–water partition coefficient (Wildman–Crippen LogP) is 1.57. The van der Waals surface area contributed by atoms with Crippen molar-refractivity contribution >= 4 is 0 Å². The lowest BCUT2D eigenvalue weighted by molar-refractivity contribution is -0.191. The topological polar surface area (TPSA) is 20.2 Å². The highest BCUT2D eigenvalue weighted by molar-refractivity contribution is 4.66. The van der Waals surface area contributed by atoms with Gasteiger partial charge in [-0.1, -0.05) is 6.92 Å². The molecule has 0 spiro atoms. The molecule has 0 heterocycles. The monoisotopic (exact) mass is 142 g/mol. The van der Waals surface area contributed by atoms with Crippen molar-refractivity contribution in [2.45, 2.75) is 26.1 Å². The van der Waals surface area contributed by atoms with Crippen molar-refractivity contribution < 1.29 is 18.3 Å². The summed E-state index contributed by atoms with van der Waals surface area (Å²) in [7, 11) is 0. The van der Waals surface area contributed by atoms with Crippen molar-refractivity contribution in [3.05, 3.63) is 0 Å². The van der Waals surface area contributed by atoms with E-state index >= 15 is 0 Å². The van der Waals surface area contributed by atoms with Gasteiger partial charge in [-0.25, -0.2) is 0 Å². The second kappa shape index (κ2) is 2.56. The van der Waals surface area contributed by atoms with Crippen LogP contribution in [0.25, 0.3) is 0 Å². The van der Waals surface area contributed by atoms with Crippen LogP contribution in [0.3, 0.4) is 0 Å². The molecule has 0 rings (SSSR count). The first-order chi connectivity index (χ1) is 3.85. The van der Waals surface area contributed by atoms with E-state index in [1.165, 1.54) is 0 Å². The predicted molar refractivity (Wildman–Crippen MR) is 26.9 cm³/mol. The lowest BCUT2D eigenvalue weighted by atomic mass is 10.1. The van der Waals surface area contributed by atoms with Crippen LogP contribution in [0.15, 0.2) is 0 Å². The minimum absolute atomic E-state index is 0.949. The molecule has 0 saturated heterocycles. The van der Waals surface area contributed by atoms with Gasteiger partial charge in [0.1, 0.15) is 0 Å². The van der Waals surface area contributed by atoms with Gasteiger partial charge in [0.25, 0.3) is 0 Å². The molecule has 0 aromatic carbocycles. The summed E-state index contributed by atoms with van der Waals surface area (Å²) in [5.41, 5.74) is 0. The van der Waals surface area contributed by atoms with Gasteiger partial charge >= 0.3 is 6.18 Å². The zero-order valence-corrected chi connectivity index (χ0v) is 5.24. The number of rotatable bonds is 1. The van der Waals surface area contributed by atoms with E-state index in [4.69, 9.17) is 5.11 Å². The summed E-state index contributed by atoms with van der Waals surface area (Å²) in [5, 5.41) is 8.44. The average Bonchev–Trinajstić information content (AvgIpc) is 1.62. The Hall–Kier alpha value is -0.250. The van der Waals surface area contributed by atoms with Gasteiger partial charge in [-0.2, -0.15) is 13.2 Å². The van der Waals surface area contributed by atoms with Gasteiger partial charge < -0.3 is 5.11 Å². The lowest BCUT2D eigenvalue weighted by Crippen LogP contribution is -2.29. The van der Waals surface area contributed by atoms with Crippen LogP contribution in [-0.4, -0.2) is 17.4 Å². The zero-order valence-electron chi connectivity index (χ0n) is 5.24. The third-order valence-electron chi connectivity index (χ3n) is 1.24. The summed E-state index contributed by atoms with van der Waals surface area (Å²) >= 11 is 0. The minimum atomic E-state index is -4.27. The molecule has 4 heteroatoms. The van der Waals surface area contributed by atoms with Crippen LogP contribution in [0.4, 0.5) is 13.2 Å². The van der Waals surface area contributed by atoms with Crippen molar-refractivity contribution in [1.82, 2.24) is 0 Å². The number of hydrogen-bond acceptors (Lipinski definition) is 1. The van der Waals surface area contributed by atoms with Crippen LogP contribution in [0.1, 0.15) is 13.8 Å². The maximum atomic E-state index is 11.5. The number of halogens is 3. The van der Waals surface area contributed by atoms with E-state index in [0.717, 1.165) is 13.8 Å². The van der Waals surface area contributed by atoms with Gasteiger partial charge in [0.15, 0.2) is 0 Å². The highest BCUT2D eigenvalue weighted by Gasteiger charge is 2.38. The Morgan fingerprint density at radius 3 is 1.56 bits per heavy atom. The molecule has 0 saturated carbocycles. The van der Waals surface area contributed by atoms with Crippen LogP contribution in [0.2, 0.25) is 0 Å². The molecule has 0 aromatic rings. The molecule has 0 bridgehead atoms. The Kier molecular flexibility index (Phi) is 2.49. The van der Waals surface area contributed by atoms with Crippen LogP contribution in [0.5, 0.6) is 0 Å². The summed E-state index contributed by atoms with van der Waals surface area (Å²) < 4.78 is 34.6. The van der Waals surface area contributed by atoms with E-state index < -0.39 is 18.2 Å². The van der Waals surface area contributed by atoms with Gasteiger partial charge in [-0.15, -0.1) is 0 Å². The smallest absolute Gasteiger partial charge is 0.393 e. The molecule has 0 amide bonds. The molecule has 0 aliphatic heterocycles. The van der Waals surface area contributed by atoms with Crippen LogP contribution >= 0.6 is 0 Å². The van der Waals surface area contributed by atoms with Crippen molar-refractivity contribution in [3.63, 3.8) is 0 Å². The molecule has 0 aliphatic rings.